The third-order valence-electron chi connectivity index (χ3n) is 2.64. The Balaban J connectivity index is 2.00. The molecule has 0 saturated heterocycles. The topological polar surface area (TPSA) is 95.2 Å². The number of thiophene rings is 1. The van der Waals surface area contributed by atoms with E-state index >= 15 is 0 Å². The van der Waals surface area contributed by atoms with Gasteiger partial charge in [-0.1, -0.05) is 11.8 Å². The van der Waals surface area contributed by atoms with Crippen molar-refractivity contribution in [1.29, 1.82) is 0 Å². The second-order valence-electron chi connectivity index (χ2n) is 4.29. The fourth-order valence-corrected chi connectivity index (χ4v) is 3.20. The van der Waals surface area contributed by atoms with Gasteiger partial charge < -0.3 is 10.5 Å². The van der Waals surface area contributed by atoms with Crippen molar-refractivity contribution in [2.24, 2.45) is 0 Å². The van der Waals surface area contributed by atoms with Crippen LogP contribution in [0.4, 0.5) is 5.82 Å². The summed E-state index contributed by atoms with van der Waals surface area (Å²) < 4.78 is 4.85. The van der Waals surface area contributed by atoms with Gasteiger partial charge in [0.2, 0.25) is 0 Å². The summed E-state index contributed by atoms with van der Waals surface area (Å²) in [6.45, 7) is 3.91. The molecular formula is C14H15N3O3S2. The van der Waals surface area contributed by atoms with Gasteiger partial charge in [-0.25, -0.2) is 14.8 Å². The SMILES string of the molecule is CCOC(=O)c1cnc(SCC(=O)c2ccc(C)s2)nc1N. The molecule has 6 nitrogen and oxygen atoms in total. The Labute approximate surface area is 136 Å². The minimum Gasteiger partial charge on any atom is -0.462 e. The highest BCUT2D eigenvalue weighted by Crippen LogP contribution is 2.21. The fraction of sp³-hybridized carbons (Fsp3) is 0.286. The first-order chi connectivity index (χ1) is 10.5. The van der Waals surface area contributed by atoms with Crippen LogP contribution in [-0.4, -0.2) is 34.1 Å². The van der Waals surface area contributed by atoms with E-state index in [1.165, 1.54) is 29.3 Å². The Morgan fingerprint density at radius 1 is 1.41 bits per heavy atom. The summed E-state index contributed by atoms with van der Waals surface area (Å²) >= 11 is 2.64. The van der Waals surface area contributed by atoms with Crippen LogP contribution in [0.5, 0.6) is 0 Å². The number of nitrogens with two attached hydrogens (primary N) is 1. The van der Waals surface area contributed by atoms with Crippen LogP contribution < -0.4 is 5.73 Å². The number of Topliss-reactive ketones (excluding diaryl/α,β-unsaturated/α-hetero) is 1. The third kappa shape index (κ3) is 4.05. The summed E-state index contributed by atoms with van der Waals surface area (Å²) in [7, 11) is 0. The highest BCUT2D eigenvalue weighted by atomic mass is 32.2. The van der Waals surface area contributed by atoms with E-state index in [0.29, 0.717) is 10.0 Å². The van der Waals surface area contributed by atoms with Crippen molar-refractivity contribution in [1.82, 2.24) is 9.97 Å². The van der Waals surface area contributed by atoms with E-state index in [1.54, 1.807) is 6.92 Å². The Morgan fingerprint density at radius 2 is 2.18 bits per heavy atom. The lowest BCUT2D eigenvalue weighted by molar-refractivity contribution is 0.0526. The van der Waals surface area contributed by atoms with Gasteiger partial charge in [0.25, 0.3) is 0 Å². The van der Waals surface area contributed by atoms with Crippen LogP contribution >= 0.6 is 23.1 Å². The first-order valence-electron chi connectivity index (χ1n) is 6.53. The van der Waals surface area contributed by atoms with E-state index in [-0.39, 0.29) is 29.5 Å². The lowest BCUT2D eigenvalue weighted by Gasteiger charge is -2.05. The number of carbonyl (C=O) groups excluding carboxylic acids is 2. The van der Waals surface area contributed by atoms with Gasteiger partial charge >= 0.3 is 5.97 Å². The smallest absolute Gasteiger partial charge is 0.343 e. The number of nitrogens with zero attached hydrogens (tertiary/aromatic N) is 2. The maximum atomic E-state index is 12.0. The second kappa shape index (κ2) is 7.37. The van der Waals surface area contributed by atoms with Crippen LogP contribution in [-0.2, 0) is 4.74 Å². The van der Waals surface area contributed by atoms with E-state index in [2.05, 4.69) is 9.97 Å². The Bertz CT molecular complexity index is 700. The van der Waals surface area contributed by atoms with Gasteiger partial charge in [-0.15, -0.1) is 11.3 Å². The van der Waals surface area contributed by atoms with Crippen molar-refractivity contribution in [2.45, 2.75) is 19.0 Å². The molecule has 116 valence electrons. The van der Waals surface area contributed by atoms with Gasteiger partial charge in [0.15, 0.2) is 10.9 Å². The fourth-order valence-electron chi connectivity index (χ4n) is 1.60. The number of hydrogen-bond donors (Lipinski definition) is 1. The number of ether oxygens (including phenoxy) is 1. The van der Waals surface area contributed by atoms with Gasteiger partial charge in [-0.3, -0.25) is 4.79 Å². The normalized spacial score (nSPS) is 10.5. The molecule has 2 heterocycles. The zero-order valence-electron chi connectivity index (χ0n) is 12.2. The molecule has 0 aliphatic heterocycles. The second-order valence-corrected chi connectivity index (χ2v) is 6.52. The summed E-state index contributed by atoms with van der Waals surface area (Å²) in [6, 6.07) is 3.72. The Kier molecular flexibility index (Phi) is 5.51. The zero-order valence-corrected chi connectivity index (χ0v) is 13.8. The molecule has 0 spiro atoms. The summed E-state index contributed by atoms with van der Waals surface area (Å²) in [4.78, 5) is 33.5. The van der Waals surface area contributed by atoms with Gasteiger partial charge in [0, 0.05) is 11.1 Å². The highest BCUT2D eigenvalue weighted by Gasteiger charge is 2.15. The quantitative estimate of drug-likeness (QED) is 0.374. The lowest BCUT2D eigenvalue weighted by Crippen LogP contribution is -2.11. The van der Waals surface area contributed by atoms with Crippen LogP contribution in [0.25, 0.3) is 0 Å². The molecule has 22 heavy (non-hydrogen) atoms. The number of carbonyl (C=O) groups is 2. The van der Waals surface area contributed by atoms with Crippen molar-refractivity contribution >= 4 is 40.7 Å². The molecule has 2 aromatic rings. The first kappa shape index (κ1) is 16.4. The molecule has 0 aliphatic rings. The molecule has 8 heteroatoms. The summed E-state index contributed by atoms with van der Waals surface area (Å²) in [5.41, 5.74) is 5.86. The molecule has 0 bridgehead atoms. The van der Waals surface area contributed by atoms with Crippen LogP contribution in [0.2, 0.25) is 0 Å². The maximum absolute atomic E-state index is 12.0. The van der Waals surface area contributed by atoms with E-state index in [1.807, 2.05) is 19.1 Å². The number of thioether (sulfide) groups is 1. The van der Waals surface area contributed by atoms with Gasteiger partial charge in [-0.2, -0.15) is 0 Å². The molecule has 0 saturated carbocycles. The Morgan fingerprint density at radius 3 is 2.77 bits per heavy atom. The number of rotatable bonds is 6. The van der Waals surface area contributed by atoms with Crippen LogP contribution in [0.1, 0.15) is 31.8 Å². The number of aryl methyl sites for hydroxylation is 1. The summed E-state index contributed by atoms with van der Waals surface area (Å²) in [5.74, 6) is -0.269. The van der Waals surface area contributed by atoms with Crippen molar-refractivity contribution in [3.63, 3.8) is 0 Å². The van der Waals surface area contributed by atoms with Gasteiger partial charge in [0.05, 0.1) is 17.2 Å². The predicted octanol–water partition coefficient (Wildman–Crippen LogP) is 2.58. The third-order valence-corrected chi connectivity index (χ3v) is 4.54. The molecule has 0 aromatic carbocycles. The molecule has 0 amide bonds. The van der Waals surface area contributed by atoms with Crippen LogP contribution in [0, 0.1) is 6.92 Å². The van der Waals surface area contributed by atoms with E-state index < -0.39 is 5.97 Å². The average molecular weight is 337 g/mol. The van der Waals surface area contributed by atoms with Crippen LogP contribution in [0.3, 0.4) is 0 Å². The molecule has 2 N–H and O–H groups in total. The standard InChI is InChI=1S/C14H15N3O3S2/c1-3-20-13(19)9-6-16-14(17-12(9)15)21-7-10(18)11-5-4-8(2)22-11/h4-6H,3,7H2,1-2H3,(H2,15,16,17). The lowest BCUT2D eigenvalue weighted by atomic mass is 10.3. The van der Waals surface area contributed by atoms with Crippen molar-refractivity contribution in [2.75, 3.05) is 18.1 Å². The average Bonchev–Trinajstić information content (AvgIpc) is 2.91. The maximum Gasteiger partial charge on any atom is 0.343 e. The number of nitrogen functional groups attached to an aromatic ring is 1. The van der Waals surface area contributed by atoms with E-state index in [9.17, 15) is 9.59 Å². The monoisotopic (exact) mass is 337 g/mol. The van der Waals surface area contributed by atoms with E-state index in [4.69, 9.17) is 10.5 Å². The minimum absolute atomic E-state index is 0.0136. The molecule has 2 rings (SSSR count). The number of anilines is 1. The number of esters is 1. The number of ketones is 1. The first-order valence-corrected chi connectivity index (χ1v) is 8.33. The molecule has 2 aromatic heterocycles. The predicted molar refractivity (Wildman–Crippen MR) is 86.5 cm³/mol. The van der Waals surface area contributed by atoms with Gasteiger partial charge in [0.1, 0.15) is 11.4 Å². The number of aromatic nitrogens is 2. The highest BCUT2D eigenvalue weighted by molar-refractivity contribution is 7.99. The summed E-state index contributed by atoms with van der Waals surface area (Å²) in [6.07, 6.45) is 1.32. The molecule has 0 atom stereocenters. The van der Waals surface area contributed by atoms with Crippen molar-refractivity contribution in [3.05, 3.63) is 33.6 Å². The minimum atomic E-state index is -0.554. The zero-order chi connectivity index (χ0) is 16.1. The van der Waals surface area contributed by atoms with Crippen molar-refractivity contribution < 1.29 is 14.3 Å². The molecule has 0 fully saturated rings. The molecule has 0 aliphatic carbocycles. The molecular weight excluding hydrogens is 322 g/mol. The van der Waals surface area contributed by atoms with E-state index in [0.717, 1.165) is 4.88 Å². The largest absolute Gasteiger partial charge is 0.462 e. The molecule has 0 unspecified atom stereocenters. The number of hydrogen-bond acceptors (Lipinski definition) is 8. The van der Waals surface area contributed by atoms with Crippen molar-refractivity contribution in [3.8, 4) is 0 Å². The molecule has 0 radical (unpaired) electrons. The Hall–Kier alpha value is -1.93. The van der Waals surface area contributed by atoms with Crippen LogP contribution in [0.15, 0.2) is 23.5 Å². The summed E-state index contributed by atoms with van der Waals surface area (Å²) in [5, 5.41) is 0.354. The van der Waals surface area contributed by atoms with Gasteiger partial charge in [-0.05, 0) is 26.0 Å².